The number of carbonyl (C=O) groups excluding carboxylic acids is 1. The molecule has 1 aromatic heterocycles. The molecule has 1 aliphatic heterocycles. The van der Waals surface area contributed by atoms with Gasteiger partial charge in [-0.15, -0.1) is 0 Å². The van der Waals surface area contributed by atoms with Gasteiger partial charge in [0.15, 0.2) is 0 Å². The Morgan fingerprint density at radius 2 is 1.68 bits per heavy atom. The molecule has 0 bridgehead atoms. The first-order chi connectivity index (χ1) is 18.1. The fraction of sp³-hybridized carbons (Fsp3) is 0.367. The third-order valence-electron chi connectivity index (χ3n) is 6.94. The summed E-state index contributed by atoms with van der Waals surface area (Å²) in [6.07, 6.45) is 0. The van der Waals surface area contributed by atoms with Crippen molar-refractivity contribution in [3.8, 4) is 0 Å². The first-order valence-corrected chi connectivity index (χ1v) is 13.0. The smallest absolute Gasteiger partial charge is 0.336 e. The Kier molecular flexibility index (Phi) is 7.90. The molecule has 1 aliphatic rings. The molecule has 3 aromatic rings. The molecule has 8 heteroatoms. The Morgan fingerprint density at radius 1 is 1.03 bits per heavy atom. The second-order valence-electron chi connectivity index (χ2n) is 10.1. The van der Waals surface area contributed by atoms with Gasteiger partial charge in [0.25, 0.3) is 5.56 Å². The molecular formula is C30H36N4O4. The van der Waals surface area contributed by atoms with Crippen molar-refractivity contribution >= 4 is 17.5 Å². The summed E-state index contributed by atoms with van der Waals surface area (Å²) in [7, 11) is 3.07. The molecule has 2 heterocycles. The lowest BCUT2D eigenvalue weighted by atomic mass is 9.82. The fourth-order valence-electron chi connectivity index (χ4n) is 4.88. The van der Waals surface area contributed by atoms with Gasteiger partial charge < -0.3 is 15.0 Å². The van der Waals surface area contributed by atoms with Crippen LogP contribution in [-0.2, 0) is 30.2 Å². The summed E-state index contributed by atoms with van der Waals surface area (Å²) in [5, 5.41) is 3.14. The van der Waals surface area contributed by atoms with E-state index in [4.69, 9.17) is 4.74 Å². The van der Waals surface area contributed by atoms with Gasteiger partial charge in [-0.1, -0.05) is 56.3 Å². The summed E-state index contributed by atoms with van der Waals surface area (Å²) in [6.45, 7) is 9.68. The number of esters is 1. The number of hydrogen-bond donors (Lipinski definition) is 1. The molecule has 200 valence electrons. The highest BCUT2D eigenvalue weighted by Gasteiger charge is 2.37. The molecule has 0 radical (unpaired) electrons. The molecule has 8 nitrogen and oxygen atoms in total. The number of allylic oxidation sites excluding steroid dienone is 1. The maximum Gasteiger partial charge on any atom is 0.336 e. The minimum absolute atomic E-state index is 0.166. The first kappa shape index (κ1) is 27.0. The third kappa shape index (κ3) is 5.16. The van der Waals surface area contributed by atoms with Gasteiger partial charge in [0.2, 0.25) is 0 Å². The van der Waals surface area contributed by atoms with Crippen molar-refractivity contribution in [3.63, 3.8) is 0 Å². The van der Waals surface area contributed by atoms with Crippen LogP contribution in [0.25, 0.3) is 0 Å². The highest BCUT2D eigenvalue weighted by Crippen LogP contribution is 2.40. The Labute approximate surface area is 223 Å². The third-order valence-corrected chi connectivity index (χ3v) is 6.94. The van der Waals surface area contributed by atoms with E-state index < -0.39 is 23.1 Å². The average molecular weight is 517 g/mol. The maximum atomic E-state index is 13.5. The zero-order chi connectivity index (χ0) is 27.6. The molecule has 1 N–H and O–H groups in total. The summed E-state index contributed by atoms with van der Waals surface area (Å²) in [6, 6.07) is 18.2. The summed E-state index contributed by atoms with van der Waals surface area (Å²) in [4.78, 5) is 41.8. The van der Waals surface area contributed by atoms with Crippen LogP contribution in [0.2, 0.25) is 0 Å². The predicted octanol–water partition coefficient (Wildman–Crippen LogP) is 4.14. The number of carbonyl (C=O) groups is 1. The lowest BCUT2D eigenvalue weighted by Gasteiger charge is -2.31. The number of nitrogens with zero attached hydrogens (tertiary/aromatic N) is 3. The molecule has 1 atom stereocenters. The topological polar surface area (TPSA) is 85.6 Å². The van der Waals surface area contributed by atoms with E-state index in [2.05, 4.69) is 29.3 Å². The van der Waals surface area contributed by atoms with Gasteiger partial charge in [-0.05, 0) is 43.0 Å². The number of ether oxygens (including phenoxy) is 1. The molecular weight excluding hydrogens is 480 g/mol. The summed E-state index contributed by atoms with van der Waals surface area (Å²) in [5.74, 6) is -0.600. The van der Waals surface area contributed by atoms with Gasteiger partial charge in [-0.25, -0.2) is 9.59 Å². The van der Waals surface area contributed by atoms with Crippen LogP contribution >= 0.6 is 0 Å². The molecule has 0 fully saturated rings. The molecule has 0 amide bonds. The van der Waals surface area contributed by atoms with E-state index in [0.717, 1.165) is 28.9 Å². The van der Waals surface area contributed by atoms with Gasteiger partial charge in [-0.3, -0.25) is 13.9 Å². The molecule has 0 saturated carbocycles. The standard InChI is InChI=1S/C30H36N4O4/c1-7-34(17-21-11-9-8-10-12-21)23-15-13-22(14-16-23)25-24(29(36)38-18-19(2)3)20(4)31-27-26(25)28(35)33(6)30(37)32(27)5/h8-16,19,25,31H,7,17-18H2,1-6H3. The van der Waals surface area contributed by atoms with Crippen LogP contribution in [0.1, 0.15) is 50.3 Å². The van der Waals surface area contributed by atoms with Crippen LogP contribution < -0.4 is 21.5 Å². The second-order valence-corrected chi connectivity index (χ2v) is 10.1. The lowest BCUT2D eigenvalue weighted by molar-refractivity contribution is -0.140. The van der Waals surface area contributed by atoms with Crippen LogP contribution in [0.4, 0.5) is 11.5 Å². The SMILES string of the molecule is CCN(Cc1ccccc1)c1ccc(C2C(C(=O)OCC(C)C)=C(C)Nc3c2c(=O)n(C)c(=O)n3C)cc1. The van der Waals surface area contributed by atoms with Crippen molar-refractivity contribution in [2.24, 2.45) is 20.0 Å². The number of aromatic nitrogens is 2. The number of fused-ring (bicyclic) bond motifs is 1. The molecule has 0 saturated heterocycles. The lowest BCUT2D eigenvalue weighted by Crippen LogP contribution is -2.43. The quantitative estimate of drug-likeness (QED) is 0.453. The van der Waals surface area contributed by atoms with Crippen molar-refractivity contribution in [2.45, 2.75) is 40.2 Å². The van der Waals surface area contributed by atoms with Crippen LogP contribution in [0.3, 0.4) is 0 Å². The molecule has 38 heavy (non-hydrogen) atoms. The normalized spacial score (nSPS) is 14.8. The van der Waals surface area contributed by atoms with Crippen LogP contribution in [0.15, 0.2) is 75.5 Å². The van der Waals surface area contributed by atoms with Crippen LogP contribution in [0.5, 0.6) is 0 Å². The minimum Gasteiger partial charge on any atom is -0.462 e. The summed E-state index contributed by atoms with van der Waals surface area (Å²) < 4.78 is 8.12. The van der Waals surface area contributed by atoms with Gasteiger partial charge in [-0.2, -0.15) is 0 Å². The van der Waals surface area contributed by atoms with E-state index in [9.17, 15) is 14.4 Å². The zero-order valence-corrected chi connectivity index (χ0v) is 22.9. The molecule has 2 aromatic carbocycles. The fourth-order valence-corrected chi connectivity index (χ4v) is 4.88. The Morgan fingerprint density at radius 3 is 2.29 bits per heavy atom. The molecule has 0 aliphatic carbocycles. The summed E-state index contributed by atoms with van der Waals surface area (Å²) in [5.41, 5.74) is 3.43. The number of hydrogen-bond acceptors (Lipinski definition) is 6. The average Bonchev–Trinajstić information content (AvgIpc) is 2.92. The number of nitrogens with one attached hydrogen (secondary N) is 1. The molecule has 0 spiro atoms. The van der Waals surface area contributed by atoms with Crippen molar-refractivity contribution in [2.75, 3.05) is 23.4 Å². The molecule has 1 unspecified atom stereocenters. The van der Waals surface area contributed by atoms with E-state index >= 15 is 0 Å². The maximum absolute atomic E-state index is 13.5. The zero-order valence-electron chi connectivity index (χ0n) is 22.9. The van der Waals surface area contributed by atoms with Crippen molar-refractivity contribution in [1.82, 2.24) is 9.13 Å². The van der Waals surface area contributed by atoms with Crippen LogP contribution in [0, 0.1) is 5.92 Å². The Balaban J connectivity index is 1.81. The minimum atomic E-state index is -0.685. The van der Waals surface area contributed by atoms with Crippen molar-refractivity contribution in [1.29, 1.82) is 0 Å². The van der Waals surface area contributed by atoms with E-state index in [0.29, 0.717) is 22.7 Å². The first-order valence-electron chi connectivity index (χ1n) is 13.0. The molecule has 4 rings (SSSR count). The Bertz CT molecular complexity index is 1470. The highest BCUT2D eigenvalue weighted by atomic mass is 16.5. The van der Waals surface area contributed by atoms with E-state index in [-0.39, 0.29) is 12.5 Å². The summed E-state index contributed by atoms with van der Waals surface area (Å²) >= 11 is 0. The Hall–Kier alpha value is -4.07. The van der Waals surface area contributed by atoms with Gasteiger partial charge in [0.05, 0.1) is 23.7 Å². The number of anilines is 2. The van der Waals surface area contributed by atoms with Crippen molar-refractivity contribution < 1.29 is 9.53 Å². The van der Waals surface area contributed by atoms with E-state index in [1.54, 1.807) is 14.0 Å². The largest absolute Gasteiger partial charge is 0.462 e. The van der Waals surface area contributed by atoms with Crippen LogP contribution in [-0.4, -0.2) is 28.3 Å². The van der Waals surface area contributed by atoms with Gasteiger partial charge >= 0.3 is 11.7 Å². The predicted molar refractivity (Wildman–Crippen MR) is 150 cm³/mol. The van der Waals surface area contributed by atoms with Gasteiger partial charge in [0.1, 0.15) is 5.82 Å². The number of benzene rings is 2. The monoisotopic (exact) mass is 516 g/mol. The highest BCUT2D eigenvalue weighted by molar-refractivity contribution is 5.94. The number of rotatable bonds is 8. The van der Waals surface area contributed by atoms with E-state index in [1.165, 1.54) is 17.2 Å². The van der Waals surface area contributed by atoms with Gasteiger partial charge in [0, 0.05) is 38.6 Å². The van der Waals surface area contributed by atoms with Crippen molar-refractivity contribution in [3.05, 3.63) is 103 Å². The second kappa shape index (κ2) is 11.1. The van der Waals surface area contributed by atoms with E-state index in [1.807, 2.05) is 56.3 Å².